The fourth-order valence-corrected chi connectivity index (χ4v) is 2.81. The summed E-state index contributed by atoms with van der Waals surface area (Å²) in [6.07, 6.45) is 5.48. The molecular weight excluding hydrogens is 266 g/mol. The molecule has 0 saturated heterocycles. The molecule has 1 saturated carbocycles. The number of nitrogens with zero attached hydrogens (tertiary/aromatic N) is 4. The van der Waals surface area contributed by atoms with Crippen LogP contribution in [0.15, 0.2) is 30.3 Å². The minimum Gasteiger partial charge on any atom is -0.349 e. The number of benzene rings is 1. The van der Waals surface area contributed by atoms with Gasteiger partial charge in [-0.3, -0.25) is 4.79 Å². The van der Waals surface area contributed by atoms with Crippen LogP contribution in [-0.4, -0.2) is 26.1 Å². The fourth-order valence-electron chi connectivity index (χ4n) is 2.81. The second-order valence-electron chi connectivity index (χ2n) is 5.47. The molecule has 1 aliphatic carbocycles. The first kappa shape index (κ1) is 13.7. The molecule has 1 N–H and O–H groups in total. The van der Waals surface area contributed by atoms with Crippen LogP contribution in [0.1, 0.15) is 37.9 Å². The third kappa shape index (κ3) is 3.45. The third-order valence-corrected chi connectivity index (χ3v) is 3.93. The highest BCUT2D eigenvalue weighted by molar-refractivity contribution is 5.76. The van der Waals surface area contributed by atoms with Crippen molar-refractivity contribution in [2.24, 2.45) is 5.92 Å². The van der Waals surface area contributed by atoms with E-state index in [0.29, 0.717) is 24.7 Å². The van der Waals surface area contributed by atoms with Crippen LogP contribution < -0.4 is 5.32 Å². The molecule has 0 atom stereocenters. The van der Waals surface area contributed by atoms with Gasteiger partial charge >= 0.3 is 0 Å². The summed E-state index contributed by atoms with van der Waals surface area (Å²) in [5.74, 6) is 1.28. The SMILES string of the molecule is O=C(CC1CCCC1)NCc1nnnn1-c1ccccc1. The molecule has 1 fully saturated rings. The maximum absolute atomic E-state index is 12.0. The average molecular weight is 285 g/mol. The number of para-hydroxylation sites is 1. The lowest BCUT2D eigenvalue weighted by Gasteiger charge is -2.09. The van der Waals surface area contributed by atoms with Crippen LogP contribution in [0.5, 0.6) is 0 Å². The van der Waals surface area contributed by atoms with Crippen LogP contribution in [0.4, 0.5) is 0 Å². The largest absolute Gasteiger partial charge is 0.349 e. The summed E-state index contributed by atoms with van der Waals surface area (Å²) in [6, 6.07) is 9.66. The molecular formula is C15H19N5O. The molecule has 1 aromatic carbocycles. The third-order valence-electron chi connectivity index (χ3n) is 3.93. The van der Waals surface area contributed by atoms with Crippen molar-refractivity contribution in [3.8, 4) is 5.69 Å². The summed E-state index contributed by atoms with van der Waals surface area (Å²) in [6.45, 7) is 0.355. The van der Waals surface area contributed by atoms with Crippen molar-refractivity contribution in [3.05, 3.63) is 36.2 Å². The number of carbonyl (C=O) groups is 1. The van der Waals surface area contributed by atoms with Gasteiger partial charge in [0.05, 0.1) is 12.2 Å². The predicted molar refractivity (Wildman–Crippen MR) is 77.6 cm³/mol. The number of hydrogen-bond donors (Lipinski definition) is 1. The van der Waals surface area contributed by atoms with E-state index >= 15 is 0 Å². The molecule has 0 unspecified atom stereocenters. The first-order valence-corrected chi connectivity index (χ1v) is 7.42. The van der Waals surface area contributed by atoms with Crippen molar-refractivity contribution in [2.75, 3.05) is 0 Å². The maximum atomic E-state index is 12.0. The van der Waals surface area contributed by atoms with Crippen molar-refractivity contribution >= 4 is 5.91 Å². The maximum Gasteiger partial charge on any atom is 0.220 e. The van der Waals surface area contributed by atoms with E-state index in [4.69, 9.17) is 0 Å². The molecule has 0 radical (unpaired) electrons. The van der Waals surface area contributed by atoms with Gasteiger partial charge < -0.3 is 5.32 Å². The van der Waals surface area contributed by atoms with E-state index in [1.807, 2.05) is 30.3 Å². The van der Waals surface area contributed by atoms with Crippen molar-refractivity contribution in [1.82, 2.24) is 25.5 Å². The number of hydrogen-bond acceptors (Lipinski definition) is 4. The highest BCUT2D eigenvalue weighted by Crippen LogP contribution is 2.27. The first-order chi connectivity index (χ1) is 10.3. The zero-order valence-corrected chi connectivity index (χ0v) is 11.9. The van der Waals surface area contributed by atoms with Gasteiger partial charge in [-0.05, 0) is 41.3 Å². The molecule has 1 heterocycles. The van der Waals surface area contributed by atoms with Crippen molar-refractivity contribution < 1.29 is 4.79 Å². The molecule has 0 spiro atoms. The Balaban J connectivity index is 1.58. The lowest BCUT2D eigenvalue weighted by atomic mass is 10.0. The van der Waals surface area contributed by atoms with Crippen molar-refractivity contribution in [3.63, 3.8) is 0 Å². The predicted octanol–water partition coefficient (Wildman–Crippen LogP) is 1.86. The summed E-state index contributed by atoms with van der Waals surface area (Å²) in [7, 11) is 0. The van der Waals surface area contributed by atoms with Crippen LogP contribution in [0.2, 0.25) is 0 Å². The minimum absolute atomic E-state index is 0.0875. The highest BCUT2D eigenvalue weighted by atomic mass is 16.1. The molecule has 1 aliphatic rings. The van der Waals surface area contributed by atoms with Crippen LogP contribution in [0, 0.1) is 5.92 Å². The average Bonchev–Trinajstić information content (AvgIpc) is 3.17. The van der Waals surface area contributed by atoms with E-state index in [1.54, 1.807) is 4.68 Å². The first-order valence-electron chi connectivity index (χ1n) is 7.42. The van der Waals surface area contributed by atoms with Crippen molar-refractivity contribution in [1.29, 1.82) is 0 Å². The molecule has 1 amide bonds. The van der Waals surface area contributed by atoms with Crippen LogP contribution in [0.25, 0.3) is 5.69 Å². The van der Waals surface area contributed by atoms with E-state index in [-0.39, 0.29) is 5.91 Å². The molecule has 21 heavy (non-hydrogen) atoms. The molecule has 6 nitrogen and oxygen atoms in total. The smallest absolute Gasteiger partial charge is 0.220 e. The zero-order chi connectivity index (χ0) is 14.5. The Bertz CT molecular complexity index is 589. The van der Waals surface area contributed by atoms with Gasteiger partial charge in [-0.2, -0.15) is 4.68 Å². The van der Waals surface area contributed by atoms with E-state index in [2.05, 4.69) is 20.8 Å². The van der Waals surface area contributed by atoms with Crippen molar-refractivity contribution in [2.45, 2.75) is 38.6 Å². The second-order valence-corrected chi connectivity index (χ2v) is 5.47. The van der Waals surface area contributed by atoms with Gasteiger partial charge in [0.15, 0.2) is 5.82 Å². The topological polar surface area (TPSA) is 72.7 Å². The summed E-state index contributed by atoms with van der Waals surface area (Å²) >= 11 is 0. The highest BCUT2D eigenvalue weighted by Gasteiger charge is 2.18. The van der Waals surface area contributed by atoms with E-state index in [9.17, 15) is 4.79 Å². The lowest BCUT2D eigenvalue weighted by Crippen LogP contribution is -2.26. The number of carbonyl (C=O) groups excluding carboxylic acids is 1. The molecule has 3 rings (SSSR count). The summed E-state index contributed by atoms with van der Waals surface area (Å²) in [5.41, 5.74) is 0.891. The standard InChI is InChI=1S/C15H19N5O/c21-15(10-12-6-4-5-7-12)16-11-14-17-18-19-20(14)13-8-2-1-3-9-13/h1-3,8-9,12H,4-7,10-11H2,(H,16,21). The van der Waals surface area contributed by atoms with Crippen LogP contribution in [-0.2, 0) is 11.3 Å². The fraction of sp³-hybridized carbons (Fsp3) is 0.467. The monoisotopic (exact) mass is 285 g/mol. The molecule has 0 bridgehead atoms. The number of tetrazole rings is 1. The van der Waals surface area contributed by atoms with Gasteiger partial charge in [-0.25, -0.2) is 0 Å². The second kappa shape index (κ2) is 6.47. The van der Waals surface area contributed by atoms with Gasteiger partial charge in [0.2, 0.25) is 5.91 Å². The summed E-state index contributed by atoms with van der Waals surface area (Å²) in [4.78, 5) is 12.0. The molecule has 6 heteroatoms. The van der Waals surface area contributed by atoms with Crippen LogP contribution >= 0.6 is 0 Å². The summed E-state index contributed by atoms with van der Waals surface area (Å²) in [5, 5.41) is 14.6. The Morgan fingerprint density at radius 1 is 1.24 bits per heavy atom. The van der Waals surface area contributed by atoms with Gasteiger partial charge in [-0.1, -0.05) is 31.0 Å². The quantitative estimate of drug-likeness (QED) is 0.910. The number of rotatable bonds is 5. The number of aromatic nitrogens is 4. The number of amides is 1. The Labute approximate surface area is 123 Å². The molecule has 110 valence electrons. The van der Waals surface area contributed by atoms with Gasteiger partial charge in [-0.15, -0.1) is 5.10 Å². The summed E-state index contributed by atoms with van der Waals surface area (Å²) < 4.78 is 1.65. The lowest BCUT2D eigenvalue weighted by molar-refractivity contribution is -0.122. The van der Waals surface area contributed by atoms with E-state index in [1.165, 1.54) is 25.7 Å². The Morgan fingerprint density at radius 3 is 2.76 bits per heavy atom. The Kier molecular flexibility index (Phi) is 4.23. The Hall–Kier alpha value is -2.24. The van der Waals surface area contributed by atoms with Gasteiger partial charge in [0, 0.05) is 6.42 Å². The normalized spacial score (nSPS) is 15.2. The Morgan fingerprint density at radius 2 is 2.00 bits per heavy atom. The van der Waals surface area contributed by atoms with Crippen LogP contribution in [0.3, 0.4) is 0 Å². The molecule has 1 aromatic heterocycles. The van der Waals surface area contributed by atoms with Gasteiger partial charge in [0.25, 0.3) is 0 Å². The number of nitrogens with one attached hydrogen (secondary N) is 1. The molecule has 2 aromatic rings. The zero-order valence-electron chi connectivity index (χ0n) is 11.9. The van der Waals surface area contributed by atoms with Gasteiger partial charge in [0.1, 0.15) is 0 Å². The molecule has 0 aliphatic heterocycles. The minimum atomic E-state index is 0.0875. The van der Waals surface area contributed by atoms with E-state index < -0.39 is 0 Å². The van der Waals surface area contributed by atoms with E-state index in [0.717, 1.165) is 5.69 Å².